The Labute approximate surface area is 96.8 Å². The van der Waals surface area contributed by atoms with Crippen LogP contribution in [0.25, 0.3) is 0 Å². The van der Waals surface area contributed by atoms with Crippen molar-refractivity contribution in [2.75, 3.05) is 6.61 Å². The maximum absolute atomic E-state index is 11.4. The number of nitrogens with one attached hydrogen (secondary N) is 1. The van der Waals surface area contributed by atoms with E-state index in [0.717, 1.165) is 0 Å². The molecule has 1 aromatic rings. The van der Waals surface area contributed by atoms with Gasteiger partial charge in [0.15, 0.2) is 0 Å². The van der Waals surface area contributed by atoms with Crippen LogP contribution in [0.5, 0.6) is 0 Å². The van der Waals surface area contributed by atoms with Gasteiger partial charge in [0.25, 0.3) is 5.91 Å². The molecule has 1 N–H and O–H groups in total. The van der Waals surface area contributed by atoms with Crippen LogP contribution in [-0.4, -0.2) is 17.5 Å². The van der Waals surface area contributed by atoms with Gasteiger partial charge in [-0.25, -0.2) is 10.5 Å². The van der Waals surface area contributed by atoms with Crippen LogP contribution in [0, 0.1) is 0 Å². The van der Waals surface area contributed by atoms with E-state index in [9.17, 15) is 4.79 Å². The first-order valence-electron chi connectivity index (χ1n) is 3.99. The van der Waals surface area contributed by atoms with Gasteiger partial charge in [-0.05, 0) is 12.1 Å². The number of nitrogens with zero attached hydrogens (tertiary/aromatic N) is 1. The van der Waals surface area contributed by atoms with Crippen molar-refractivity contribution in [1.82, 2.24) is 10.5 Å². The van der Waals surface area contributed by atoms with E-state index in [-0.39, 0.29) is 22.5 Å². The SMILES string of the molecule is C=CCONC(=O)c1cc(Cl)nc(Cl)c1. The van der Waals surface area contributed by atoms with E-state index >= 15 is 0 Å². The Kier molecular flexibility index (Phi) is 4.55. The van der Waals surface area contributed by atoms with E-state index in [1.807, 2.05) is 0 Å². The Morgan fingerprint density at radius 2 is 2.13 bits per heavy atom. The zero-order valence-electron chi connectivity index (χ0n) is 7.67. The van der Waals surface area contributed by atoms with Gasteiger partial charge in [0.1, 0.15) is 10.3 Å². The summed E-state index contributed by atoms with van der Waals surface area (Å²) in [7, 11) is 0. The molecule has 0 unspecified atom stereocenters. The van der Waals surface area contributed by atoms with Crippen molar-refractivity contribution in [1.29, 1.82) is 0 Å². The summed E-state index contributed by atoms with van der Waals surface area (Å²) < 4.78 is 0. The number of hydrogen-bond acceptors (Lipinski definition) is 3. The van der Waals surface area contributed by atoms with E-state index in [1.54, 1.807) is 0 Å². The van der Waals surface area contributed by atoms with Gasteiger partial charge in [0.05, 0.1) is 6.61 Å². The third-order valence-electron chi connectivity index (χ3n) is 1.39. The van der Waals surface area contributed by atoms with E-state index in [4.69, 9.17) is 28.0 Å². The number of halogens is 2. The van der Waals surface area contributed by atoms with Crippen LogP contribution < -0.4 is 5.48 Å². The number of pyridine rings is 1. The maximum Gasteiger partial charge on any atom is 0.275 e. The maximum atomic E-state index is 11.4. The normalized spacial score (nSPS) is 9.73. The molecule has 0 aliphatic rings. The van der Waals surface area contributed by atoms with E-state index in [2.05, 4.69) is 17.0 Å². The van der Waals surface area contributed by atoms with Crippen LogP contribution in [0.1, 0.15) is 10.4 Å². The molecule has 1 heterocycles. The molecule has 6 heteroatoms. The minimum absolute atomic E-state index is 0.149. The van der Waals surface area contributed by atoms with Crippen molar-refractivity contribution >= 4 is 29.1 Å². The smallest absolute Gasteiger partial charge is 0.269 e. The fraction of sp³-hybridized carbons (Fsp3) is 0.111. The fourth-order valence-electron chi connectivity index (χ4n) is 0.821. The van der Waals surface area contributed by atoms with Gasteiger partial charge in [-0.2, -0.15) is 0 Å². The van der Waals surface area contributed by atoms with Crippen molar-refractivity contribution in [3.05, 3.63) is 40.7 Å². The molecule has 1 amide bonds. The number of hydroxylamine groups is 1. The first-order chi connectivity index (χ1) is 7.13. The average molecular weight is 247 g/mol. The summed E-state index contributed by atoms with van der Waals surface area (Å²) >= 11 is 11.2. The van der Waals surface area contributed by atoms with Gasteiger partial charge >= 0.3 is 0 Å². The molecule has 0 saturated heterocycles. The Morgan fingerprint density at radius 3 is 2.67 bits per heavy atom. The van der Waals surface area contributed by atoms with Crippen LogP contribution in [0.4, 0.5) is 0 Å². The molecule has 0 bridgehead atoms. The summed E-state index contributed by atoms with van der Waals surface area (Å²) in [6.45, 7) is 3.65. The van der Waals surface area contributed by atoms with Gasteiger partial charge in [-0.1, -0.05) is 29.3 Å². The molecule has 0 fully saturated rings. The van der Waals surface area contributed by atoms with Gasteiger partial charge in [0, 0.05) is 5.56 Å². The van der Waals surface area contributed by atoms with Crippen molar-refractivity contribution in [3.8, 4) is 0 Å². The molecule has 80 valence electrons. The molecular formula is C9H8Cl2N2O2. The standard InChI is InChI=1S/C9H8Cl2N2O2/c1-2-3-15-13-9(14)6-4-7(10)12-8(11)5-6/h2,4-5H,1,3H2,(H,13,14). The Bertz CT molecular complexity index is 362. The summed E-state index contributed by atoms with van der Waals surface area (Å²) in [5.41, 5.74) is 2.48. The second-order valence-corrected chi connectivity index (χ2v) is 3.31. The third-order valence-corrected chi connectivity index (χ3v) is 1.78. The van der Waals surface area contributed by atoms with E-state index in [0.29, 0.717) is 0 Å². The zero-order chi connectivity index (χ0) is 11.3. The van der Waals surface area contributed by atoms with Gasteiger partial charge in [-0.15, -0.1) is 6.58 Å². The molecule has 0 spiro atoms. The topological polar surface area (TPSA) is 51.2 Å². The second-order valence-electron chi connectivity index (χ2n) is 2.53. The minimum atomic E-state index is -0.442. The lowest BCUT2D eigenvalue weighted by atomic mass is 10.2. The third kappa shape index (κ3) is 3.87. The Hall–Kier alpha value is -1.10. The lowest BCUT2D eigenvalue weighted by Crippen LogP contribution is -2.23. The van der Waals surface area contributed by atoms with Gasteiger partial charge < -0.3 is 0 Å². The first-order valence-corrected chi connectivity index (χ1v) is 4.75. The van der Waals surface area contributed by atoms with Crippen LogP contribution in [0.15, 0.2) is 24.8 Å². The molecule has 0 atom stereocenters. The van der Waals surface area contributed by atoms with Crippen molar-refractivity contribution in [2.45, 2.75) is 0 Å². The molecule has 0 aliphatic heterocycles. The molecule has 4 nitrogen and oxygen atoms in total. The van der Waals surface area contributed by atoms with Crippen molar-refractivity contribution in [3.63, 3.8) is 0 Å². The van der Waals surface area contributed by atoms with Gasteiger partial charge in [-0.3, -0.25) is 9.63 Å². The number of carbonyl (C=O) groups excluding carboxylic acids is 1. The number of amides is 1. The van der Waals surface area contributed by atoms with Crippen LogP contribution in [0.3, 0.4) is 0 Å². The molecule has 1 aromatic heterocycles. The monoisotopic (exact) mass is 246 g/mol. The molecule has 1 rings (SSSR count). The first kappa shape index (κ1) is 12.0. The lowest BCUT2D eigenvalue weighted by molar-refractivity contribution is 0.0421. The van der Waals surface area contributed by atoms with Gasteiger partial charge in [0.2, 0.25) is 0 Å². The van der Waals surface area contributed by atoms with Crippen LogP contribution >= 0.6 is 23.2 Å². The highest BCUT2D eigenvalue weighted by atomic mass is 35.5. The molecule has 15 heavy (non-hydrogen) atoms. The number of aromatic nitrogens is 1. The summed E-state index contributed by atoms with van der Waals surface area (Å²) in [6, 6.07) is 2.78. The summed E-state index contributed by atoms with van der Waals surface area (Å²) in [5, 5.41) is 0.299. The quantitative estimate of drug-likeness (QED) is 0.384. The Morgan fingerprint density at radius 1 is 1.53 bits per heavy atom. The summed E-state index contributed by atoms with van der Waals surface area (Å²) in [4.78, 5) is 19.9. The molecule has 0 saturated carbocycles. The molecule has 0 radical (unpaired) electrons. The van der Waals surface area contributed by atoms with E-state index < -0.39 is 5.91 Å². The van der Waals surface area contributed by atoms with Crippen molar-refractivity contribution in [2.24, 2.45) is 0 Å². The highest BCUT2D eigenvalue weighted by molar-refractivity contribution is 6.33. The summed E-state index contributed by atoms with van der Waals surface area (Å²) in [6.07, 6.45) is 1.51. The number of carbonyl (C=O) groups is 1. The molecular weight excluding hydrogens is 239 g/mol. The van der Waals surface area contributed by atoms with E-state index in [1.165, 1.54) is 18.2 Å². The predicted molar refractivity (Wildman–Crippen MR) is 57.9 cm³/mol. The second kappa shape index (κ2) is 5.70. The lowest BCUT2D eigenvalue weighted by Gasteiger charge is -2.04. The van der Waals surface area contributed by atoms with Crippen LogP contribution in [0.2, 0.25) is 10.3 Å². The molecule has 0 aliphatic carbocycles. The fourth-order valence-corrected chi connectivity index (χ4v) is 1.28. The minimum Gasteiger partial charge on any atom is -0.269 e. The molecule has 0 aromatic carbocycles. The average Bonchev–Trinajstić information content (AvgIpc) is 2.16. The highest BCUT2D eigenvalue weighted by Crippen LogP contribution is 2.14. The zero-order valence-corrected chi connectivity index (χ0v) is 9.18. The predicted octanol–water partition coefficient (Wildman–Crippen LogP) is 2.24. The van der Waals surface area contributed by atoms with Crippen LogP contribution in [-0.2, 0) is 4.84 Å². The number of rotatable bonds is 4. The summed E-state index contributed by atoms with van der Waals surface area (Å²) in [5.74, 6) is -0.442. The largest absolute Gasteiger partial charge is 0.275 e. The Balaban J connectivity index is 2.69. The highest BCUT2D eigenvalue weighted by Gasteiger charge is 2.08. The van der Waals surface area contributed by atoms with Crippen molar-refractivity contribution < 1.29 is 9.63 Å². The number of hydrogen-bond donors (Lipinski definition) is 1.